The fourth-order valence-electron chi connectivity index (χ4n) is 2.43. The molecule has 94 valence electrons. The molecule has 0 bridgehead atoms. The lowest BCUT2D eigenvalue weighted by molar-refractivity contribution is -0.188. The molecule has 0 amide bonds. The Morgan fingerprint density at radius 3 is 2.31 bits per heavy atom. The van der Waals surface area contributed by atoms with Gasteiger partial charge in [0.15, 0.2) is 5.79 Å². The van der Waals surface area contributed by atoms with Crippen LogP contribution in [0.15, 0.2) is 0 Å². The van der Waals surface area contributed by atoms with Gasteiger partial charge in [-0.3, -0.25) is 0 Å². The van der Waals surface area contributed by atoms with E-state index in [1.54, 1.807) is 0 Å². The lowest BCUT2D eigenvalue weighted by Crippen LogP contribution is -2.49. The molecule has 1 N–H and O–H groups in total. The Morgan fingerprint density at radius 1 is 1.25 bits per heavy atom. The molecular formula is C12H23NO3. The number of rotatable bonds is 3. The molecule has 1 unspecified atom stereocenters. The van der Waals surface area contributed by atoms with Crippen molar-refractivity contribution >= 4 is 0 Å². The van der Waals surface area contributed by atoms with E-state index >= 15 is 0 Å². The third-order valence-corrected chi connectivity index (χ3v) is 3.76. The van der Waals surface area contributed by atoms with Crippen LogP contribution in [0.1, 0.15) is 33.1 Å². The van der Waals surface area contributed by atoms with Gasteiger partial charge in [0.05, 0.1) is 18.8 Å². The van der Waals surface area contributed by atoms with E-state index in [9.17, 15) is 5.11 Å². The predicted octanol–water partition coefficient (Wildman–Crippen LogP) is 0.986. The molecule has 2 fully saturated rings. The summed E-state index contributed by atoms with van der Waals surface area (Å²) in [7, 11) is 0. The van der Waals surface area contributed by atoms with E-state index in [2.05, 4.69) is 4.90 Å². The van der Waals surface area contributed by atoms with E-state index in [0.717, 1.165) is 52.1 Å². The van der Waals surface area contributed by atoms with Crippen molar-refractivity contribution < 1.29 is 14.6 Å². The molecule has 2 aliphatic rings. The Kier molecular flexibility index (Phi) is 3.54. The number of hydrogen-bond acceptors (Lipinski definition) is 4. The van der Waals surface area contributed by atoms with Crippen LogP contribution in [0, 0.1) is 0 Å². The van der Waals surface area contributed by atoms with Gasteiger partial charge in [-0.1, -0.05) is 6.92 Å². The minimum absolute atomic E-state index is 0.297. The molecule has 2 rings (SSSR count). The van der Waals surface area contributed by atoms with Crippen molar-refractivity contribution in [2.75, 3.05) is 32.8 Å². The largest absolute Gasteiger partial charge is 0.389 e. The predicted molar refractivity (Wildman–Crippen MR) is 61.2 cm³/mol. The monoisotopic (exact) mass is 229 g/mol. The van der Waals surface area contributed by atoms with Crippen molar-refractivity contribution in [3.05, 3.63) is 0 Å². The molecular weight excluding hydrogens is 206 g/mol. The normalized spacial score (nSPS) is 29.4. The maximum Gasteiger partial charge on any atom is 0.170 e. The summed E-state index contributed by atoms with van der Waals surface area (Å²) in [6.07, 6.45) is 2.64. The van der Waals surface area contributed by atoms with Crippen molar-refractivity contribution in [2.45, 2.75) is 44.5 Å². The Morgan fingerprint density at radius 2 is 1.81 bits per heavy atom. The average Bonchev–Trinajstić information content (AvgIpc) is 2.71. The molecule has 16 heavy (non-hydrogen) atoms. The van der Waals surface area contributed by atoms with Crippen molar-refractivity contribution in [3.63, 3.8) is 0 Å². The first-order valence-electron chi connectivity index (χ1n) is 6.28. The molecule has 0 aromatic heterocycles. The Bertz CT molecular complexity index is 226. The number of β-amino-alcohol motifs (C(OH)–C–C–N with tert-alkyl or cyclic N) is 1. The fourth-order valence-corrected chi connectivity index (χ4v) is 2.43. The zero-order valence-corrected chi connectivity index (χ0v) is 10.4. The van der Waals surface area contributed by atoms with E-state index < -0.39 is 5.60 Å². The highest BCUT2D eigenvalue weighted by Gasteiger charge is 2.40. The van der Waals surface area contributed by atoms with Crippen LogP contribution in [0.3, 0.4) is 0 Å². The molecule has 2 heterocycles. The lowest BCUT2D eigenvalue weighted by Gasteiger charge is -2.40. The van der Waals surface area contributed by atoms with Crippen molar-refractivity contribution in [2.24, 2.45) is 0 Å². The van der Waals surface area contributed by atoms with Gasteiger partial charge in [0, 0.05) is 32.5 Å². The van der Waals surface area contributed by atoms with Gasteiger partial charge in [-0.05, 0) is 13.3 Å². The van der Waals surface area contributed by atoms with Gasteiger partial charge in [0.2, 0.25) is 0 Å². The van der Waals surface area contributed by atoms with Crippen molar-refractivity contribution in [3.8, 4) is 0 Å². The first kappa shape index (κ1) is 12.3. The molecule has 0 aromatic carbocycles. The first-order valence-corrected chi connectivity index (χ1v) is 6.28. The summed E-state index contributed by atoms with van der Waals surface area (Å²) in [5.74, 6) is -0.297. The Balaban J connectivity index is 1.81. The van der Waals surface area contributed by atoms with Crippen LogP contribution in [0.2, 0.25) is 0 Å². The van der Waals surface area contributed by atoms with Crippen molar-refractivity contribution in [1.82, 2.24) is 4.90 Å². The minimum atomic E-state index is -0.568. The van der Waals surface area contributed by atoms with Gasteiger partial charge in [-0.2, -0.15) is 0 Å². The Labute approximate surface area is 97.5 Å². The van der Waals surface area contributed by atoms with Crippen molar-refractivity contribution in [1.29, 1.82) is 0 Å². The van der Waals surface area contributed by atoms with Gasteiger partial charge in [0.1, 0.15) is 0 Å². The maximum atomic E-state index is 10.0. The van der Waals surface area contributed by atoms with Gasteiger partial charge in [0.25, 0.3) is 0 Å². The standard InChI is InChI=1S/C12H23NO3/c1-3-11(2,14)10-13-6-4-12(5-7-13)15-8-9-16-12/h14H,3-10H2,1-2H3. The van der Waals surface area contributed by atoms with E-state index in [-0.39, 0.29) is 5.79 Å². The third kappa shape index (κ3) is 2.74. The van der Waals surface area contributed by atoms with Crippen LogP contribution in [0.4, 0.5) is 0 Å². The molecule has 4 heteroatoms. The quantitative estimate of drug-likeness (QED) is 0.783. The third-order valence-electron chi connectivity index (χ3n) is 3.76. The van der Waals surface area contributed by atoms with E-state index in [1.807, 2.05) is 13.8 Å². The smallest absolute Gasteiger partial charge is 0.170 e. The van der Waals surface area contributed by atoms with Crippen LogP contribution < -0.4 is 0 Å². The minimum Gasteiger partial charge on any atom is -0.389 e. The molecule has 4 nitrogen and oxygen atoms in total. The van der Waals surface area contributed by atoms with Crippen LogP contribution in [0.5, 0.6) is 0 Å². The summed E-state index contributed by atoms with van der Waals surface area (Å²) in [5, 5.41) is 10.0. The Hall–Kier alpha value is -0.160. The zero-order chi connectivity index (χ0) is 11.6. The summed E-state index contributed by atoms with van der Waals surface area (Å²) >= 11 is 0. The second-order valence-corrected chi connectivity index (χ2v) is 5.23. The molecule has 2 aliphatic heterocycles. The molecule has 0 aromatic rings. The SMILES string of the molecule is CCC(C)(O)CN1CCC2(CC1)OCCO2. The summed E-state index contributed by atoms with van der Waals surface area (Å²) in [6, 6.07) is 0. The van der Waals surface area contributed by atoms with Gasteiger partial charge < -0.3 is 19.5 Å². The number of hydrogen-bond donors (Lipinski definition) is 1. The second-order valence-electron chi connectivity index (χ2n) is 5.23. The summed E-state index contributed by atoms with van der Waals surface area (Å²) < 4.78 is 11.3. The average molecular weight is 229 g/mol. The topological polar surface area (TPSA) is 41.9 Å². The van der Waals surface area contributed by atoms with E-state index in [0.29, 0.717) is 0 Å². The molecule has 0 aliphatic carbocycles. The molecule has 1 spiro atoms. The van der Waals surface area contributed by atoms with Gasteiger partial charge in [-0.15, -0.1) is 0 Å². The van der Waals surface area contributed by atoms with Crippen LogP contribution >= 0.6 is 0 Å². The first-order chi connectivity index (χ1) is 7.55. The number of likely N-dealkylation sites (tertiary alicyclic amines) is 1. The number of aliphatic hydroxyl groups is 1. The fraction of sp³-hybridized carbons (Fsp3) is 1.00. The molecule has 0 saturated carbocycles. The second kappa shape index (κ2) is 4.61. The molecule has 0 radical (unpaired) electrons. The highest BCUT2D eigenvalue weighted by atomic mass is 16.7. The highest BCUT2D eigenvalue weighted by molar-refractivity contribution is 4.85. The van der Waals surface area contributed by atoms with E-state index in [1.165, 1.54) is 0 Å². The number of nitrogens with zero attached hydrogens (tertiary/aromatic N) is 1. The summed E-state index contributed by atoms with van der Waals surface area (Å²) in [4.78, 5) is 2.31. The van der Waals surface area contributed by atoms with Gasteiger partial charge in [-0.25, -0.2) is 0 Å². The molecule has 2 saturated heterocycles. The summed E-state index contributed by atoms with van der Waals surface area (Å²) in [5.41, 5.74) is -0.568. The van der Waals surface area contributed by atoms with Crippen LogP contribution in [-0.4, -0.2) is 54.2 Å². The molecule has 1 atom stereocenters. The lowest BCUT2D eigenvalue weighted by atomic mass is 9.99. The number of ether oxygens (including phenoxy) is 2. The number of piperidine rings is 1. The summed E-state index contributed by atoms with van der Waals surface area (Å²) in [6.45, 7) is 8.04. The van der Waals surface area contributed by atoms with Gasteiger partial charge >= 0.3 is 0 Å². The maximum absolute atomic E-state index is 10.0. The highest BCUT2D eigenvalue weighted by Crippen LogP contribution is 2.31. The van der Waals surface area contributed by atoms with Crippen LogP contribution in [-0.2, 0) is 9.47 Å². The zero-order valence-electron chi connectivity index (χ0n) is 10.4. The van der Waals surface area contributed by atoms with Crippen LogP contribution in [0.25, 0.3) is 0 Å². The van der Waals surface area contributed by atoms with E-state index in [4.69, 9.17) is 9.47 Å².